The van der Waals surface area contributed by atoms with Gasteiger partial charge in [0, 0.05) is 4.90 Å². The van der Waals surface area contributed by atoms with Crippen LogP contribution >= 0.6 is 11.8 Å². The van der Waals surface area contributed by atoms with Crippen molar-refractivity contribution in [3.8, 4) is 0 Å². The first kappa shape index (κ1) is 15.1. The molecule has 0 atom stereocenters. The third kappa shape index (κ3) is 3.22. The van der Waals surface area contributed by atoms with Crippen LogP contribution in [0.25, 0.3) is 0 Å². The van der Waals surface area contributed by atoms with E-state index >= 15 is 0 Å². The highest BCUT2D eigenvalue weighted by atomic mass is 32.2. The van der Waals surface area contributed by atoms with Crippen molar-refractivity contribution in [1.82, 2.24) is 10.1 Å². The molecule has 5 heteroatoms. The molecule has 1 aromatic heterocycles. The molecule has 0 spiro atoms. The first-order valence-electron chi connectivity index (χ1n) is 6.89. The van der Waals surface area contributed by atoms with Crippen LogP contribution in [0, 0.1) is 6.92 Å². The molecule has 0 amide bonds. The minimum Gasteiger partial charge on any atom is -0.337 e. The minimum atomic E-state index is -0.501. The Kier molecular flexibility index (Phi) is 4.83. The minimum absolute atomic E-state index is 0.501. The van der Waals surface area contributed by atoms with Gasteiger partial charge in [-0.1, -0.05) is 37.2 Å². The summed E-state index contributed by atoms with van der Waals surface area (Å²) in [7, 11) is 0. The predicted molar refractivity (Wildman–Crippen MR) is 81.5 cm³/mol. The van der Waals surface area contributed by atoms with E-state index in [1.807, 2.05) is 26.0 Å². The second-order valence-corrected chi connectivity index (χ2v) is 5.95. The number of hydrogen-bond donors (Lipinski definition) is 1. The molecule has 0 aliphatic rings. The largest absolute Gasteiger partial charge is 0.337 e. The summed E-state index contributed by atoms with van der Waals surface area (Å²) in [4.78, 5) is 5.68. The number of nitrogens with zero attached hydrogens (tertiary/aromatic N) is 2. The second-order valence-electron chi connectivity index (χ2n) is 4.93. The monoisotopic (exact) mass is 291 g/mol. The molecular weight excluding hydrogens is 270 g/mol. The molecule has 0 saturated carbocycles. The molecule has 0 fully saturated rings. The smallest absolute Gasteiger partial charge is 0.246 e. The zero-order valence-electron chi connectivity index (χ0n) is 12.2. The number of aromatic nitrogens is 2. The average molecular weight is 291 g/mol. The molecule has 0 bridgehead atoms. The molecule has 1 aromatic carbocycles. The highest BCUT2D eigenvalue weighted by Crippen LogP contribution is 2.27. The van der Waals surface area contributed by atoms with Crippen molar-refractivity contribution in [2.75, 3.05) is 0 Å². The van der Waals surface area contributed by atoms with Crippen LogP contribution in [-0.4, -0.2) is 10.1 Å². The van der Waals surface area contributed by atoms with Crippen molar-refractivity contribution in [2.45, 2.75) is 49.8 Å². The Morgan fingerprint density at radius 2 is 1.95 bits per heavy atom. The van der Waals surface area contributed by atoms with Crippen molar-refractivity contribution < 1.29 is 4.52 Å². The van der Waals surface area contributed by atoms with E-state index in [0.717, 1.165) is 12.8 Å². The fourth-order valence-electron chi connectivity index (χ4n) is 1.93. The molecule has 108 valence electrons. The number of hydrogen-bond acceptors (Lipinski definition) is 5. The molecule has 1 heterocycles. The van der Waals surface area contributed by atoms with Crippen molar-refractivity contribution in [1.29, 1.82) is 0 Å². The Labute approximate surface area is 124 Å². The molecule has 20 heavy (non-hydrogen) atoms. The van der Waals surface area contributed by atoms with Gasteiger partial charge in [-0.05, 0) is 31.4 Å². The fourth-order valence-corrected chi connectivity index (χ4v) is 2.80. The van der Waals surface area contributed by atoms with Gasteiger partial charge in [0.1, 0.15) is 0 Å². The summed E-state index contributed by atoms with van der Waals surface area (Å²) < 4.78 is 5.33. The van der Waals surface area contributed by atoms with Crippen LogP contribution in [0.5, 0.6) is 0 Å². The molecule has 4 nitrogen and oxygen atoms in total. The summed E-state index contributed by atoms with van der Waals surface area (Å²) in [6.45, 7) is 6.17. The third-order valence-electron chi connectivity index (χ3n) is 3.61. The van der Waals surface area contributed by atoms with E-state index in [9.17, 15) is 0 Å². The van der Waals surface area contributed by atoms with E-state index in [1.165, 1.54) is 10.5 Å². The van der Waals surface area contributed by atoms with Crippen LogP contribution in [0.3, 0.4) is 0 Å². The summed E-state index contributed by atoms with van der Waals surface area (Å²) in [5, 5.41) is 4.04. The lowest BCUT2D eigenvalue weighted by molar-refractivity contribution is 0.267. The highest BCUT2D eigenvalue weighted by Gasteiger charge is 2.29. The molecule has 0 aliphatic carbocycles. The number of benzene rings is 1. The predicted octanol–water partition coefficient (Wildman–Crippen LogP) is 3.64. The van der Waals surface area contributed by atoms with Gasteiger partial charge in [0.15, 0.2) is 5.82 Å². The van der Waals surface area contributed by atoms with Gasteiger partial charge in [0.05, 0.1) is 11.3 Å². The Hall–Kier alpha value is -1.33. The van der Waals surface area contributed by atoms with Gasteiger partial charge in [0.2, 0.25) is 5.89 Å². The van der Waals surface area contributed by atoms with Gasteiger partial charge < -0.3 is 10.3 Å². The van der Waals surface area contributed by atoms with Crippen molar-refractivity contribution in [3.05, 3.63) is 41.5 Å². The van der Waals surface area contributed by atoms with E-state index in [0.29, 0.717) is 17.5 Å². The van der Waals surface area contributed by atoms with E-state index in [-0.39, 0.29) is 0 Å². The highest BCUT2D eigenvalue weighted by molar-refractivity contribution is 7.98. The van der Waals surface area contributed by atoms with Crippen molar-refractivity contribution in [2.24, 2.45) is 5.73 Å². The molecule has 0 saturated heterocycles. The van der Waals surface area contributed by atoms with E-state index in [1.54, 1.807) is 11.8 Å². The summed E-state index contributed by atoms with van der Waals surface area (Å²) in [6.07, 6.45) is 1.58. The second kappa shape index (κ2) is 6.41. The van der Waals surface area contributed by atoms with Gasteiger partial charge in [0.25, 0.3) is 0 Å². The SMILES string of the molecule is CCC(N)(CC)c1nc(CSc2ccccc2C)no1. The van der Waals surface area contributed by atoms with Crippen LogP contribution in [0.2, 0.25) is 0 Å². The van der Waals surface area contributed by atoms with Crippen LogP contribution in [0.1, 0.15) is 44.0 Å². The summed E-state index contributed by atoms with van der Waals surface area (Å²) in [5.74, 6) is 1.94. The maximum Gasteiger partial charge on any atom is 0.246 e. The number of rotatable bonds is 6. The van der Waals surface area contributed by atoms with Gasteiger partial charge >= 0.3 is 0 Å². The average Bonchev–Trinajstić information content (AvgIpc) is 2.95. The van der Waals surface area contributed by atoms with Crippen molar-refractivity contribution >= 4 is 11.8 Å². The topological polar surface area (TPSA) is 64.9 Å². The molecule has 2 N–H and O–H groups in total. The number of nitrogens with two attached hydrogens (primary N) is 1. The fraction of sp³-hybridized carbons (Fsp3) is 0.467. The molecule has 0 unspecified atom stereocenters. The quantitative estimate of drug-likeness (QED) is 0.823. The summed E-state index contributed by atoms with van der Waals surface area (Å²) >= 11 is 1.71. The third-order valence-corrected chi connectivity index (χ3v) is 4.78. The standard InChI is InChI=1S/C15H21N3OS/c1-4-15(16,5-2)14-17-13(18-19-14)10-20-12-9-7-6-8-11(12)3/h6-9H,4-5,10,16H2,1-3H3. The Morgan fingerprint density at radius 3 is 2.60 bits per heavy atom. The first-order valence-corrected chi connectivity index (χ1v) is 7.88. The van der Waals surface area contributed by atoms with Crippen LogP contribution in [-0.2, 0) is 11.3 Å². The van der Waals surface area contributed by atoms with Crippen molar-refractivity contribution in [3.63, 3.8) is 0 Å². The zero-order chi connectivity index (χ0) is 14.6. The lowest BCUT2D eigenvalue weighted by Crippen LogP contribution is -2.35. The normalized spacial score (nSPS) is 11.8. The summed E-state index contributed by atoms with van der Waals surface area (Å²) in [5.41, 5.74) is 7.02. The molecule has 0 radical (unpaired) electrons. The Balaban J connectivity index is 2.05. The van der Waals surface area contributed by atoms with Crippen LogP contribution in [0.15, 0.2) is 33.7 Å². The van der Waals surface area contributed by atoms with E-state index in [2.05, 4.69) is 29.2 Å². The number of aryl methyl sites for hydroxylation is 1. The first-order chi connectivity index (χ1) is 9.59. The Morgan fingerprint density at radius 1 is 1.25 bits per heavy atom. The maximum atomic E-state index is 6.26. The van der Waals surface area contributed by atoms with E-state index < -0.39 is 5.54 Å². The van der Waals surface area contributed by atoms with Crippen LogP contribution in [0.4, 0.5) is 0 Å². The van der Waals surface area contributed by atoms with E-state index in [4.69, 9.17) is 10.3 Å². The van der Waals surface area contributed by atoms with Gasteiger partial charge in [-0.2, -0.15) is 4.98 Å². The molecular formula is C15H21N3OS. The summed E-state index contributed by atoms with van der Waals surface area (Å²) in [6, 6.07) is 8.28. The maximum absolute atomic E-state index is 6.26. The molecule has 2 aromatic rings. The zero-order valence-corrected chi connectivity index (χ0v) is 13.0. The molecule has 2 rings (SSSR count). The lowest BCUT2D eigenvalue weighted by atomic mass is 9.94. The number of thioether (sulfide) groups is 1. The molecule has 0 aliphatic heterocycles. The van der Waals surface area contributed by atoms with Gasteiger partial charge in [-0.3, -0.25) is 0 Å². The Bertz CT molecular complexity index is 564. The van der Waals surface area contributed by atoms with Gasteiger partial charge in [-0.15, -0.1) is 11.8 Å². The van der Waals surface area contributed by atoms with Gasteiger partial charge in [-0.25, -0.2) is 0 Å². The van der Waals surface area contributed by atoms with Crippen LogP contribution < -0.4 is 5.73 Å². The lowest BCUT2D eigenvalue weighted by Gasteiger charge is -2.20.